The monoisotopic (exact) mass is 680 g/mol. The van der Waals surface area contributed by atoms with Crippen LogP contribution < -0.4 is 19.3 Å². The Bertz CT molecular complexity index is 2030. The Kier molecular flexibility index (Phi) is 8.42. The molecule has 2 amide bonds. The predicted octanol–water partition coefficient (Wildman–Crippen LogP) is 8.08. The minimum atomic E-state index is -0.419. The van der Waals surface area contributed by atoms with Gasteiger partial charge in [0.1, 0.15) is 11.5 Å². The third-order valence-electron chi connectivity index (χ3n) is 10.9. The Morgan fingerprint density at radius 2 is 1.35 bits per heavy atom. The van der Waals surface area contributed by atoms with Gasteiger partial charge < -0.3 is 19.3 Å². The van der Waals surface area contributed by atoms with E-state index in [1.807, 2.05) is 70.5 Å². The van der Waals surface area contributed by atoms with Gasteiger partial charge in [-0.05, 0) is 58.4 Å². The standard InChI is InChI=1S/C40H41ClN2O6/c1-5-40(19-37(47)42-15-14-28-27-10-6-7-11-29(27)34(16-32(28)42)48-24(2)44)22-39(4,23-40)18-36(46)43-21-26(20-41)38-31-13-9-8-12-30(31)35(17-33(38)43)49-25(3)45/h6-13,16-17,26H,5,14-15,18-23H2,1-4H3. The molecule has 9 heteroatoms. The number of carbonyl (C=O) groups is 4. The van der Waals surface area contributed by atoms with Gasteiger partial charge in [0.15, 0.2) is 0 Å². The highest BCUT2D eigenvalue weighted by molar-refractivity contribution is 6.19. The average Bonchev–Trinajstić information content (AvgIpc) is 3.65. The van der Waals surface area contributed by atoms with Crippen molar-refractivity contribution in [3.05, 3.63) is 71.8 Å². The first-order chi connectivity index (χ1) is 23.4. The van der Waals surface area contributed by atoms with Crippen LogP contribution >= 0.6 is 11.6 Å². The maximum Gasteiger partial charge on any atom is 0.308 e. The van der Waals surface area contributed by atoms with Crippen LogP contribution in [0.25, 0.3) is 21.5 Å². The summed E-state index contributed by atoms with van der Waals surface area (Å²) in [5, 5.41) is 3.62. The predicted molar refractivity (Wildman–Crippen MR) is 192 cm³/mol. The number of carbonyl (C=O) groups excluding carboxylic acids is 4. The van der Waals surface area contributed by atoms with Gasteiger partial charge in [0, 0.05) is 74.5 Å². The van der Waals surface area contributed by atoms with Gasteiger partial charge in [-0.1, -0.05) is 62.4 Å². The van der Waals surface area contributed by atoms with Gasteiger partial charge in [0.05, 0.1) is 11.4 Å². The molecule has 0 bridgehead atoms. The molecule has 8 nitrogen and oxygen atoms in total. The minimum absolute atomic E-state index is 0.00908. The van der Waals surface area contributed by atoms with Crippen molar-refractivity contribution in [2.24, 2.45) is 10.8 Å². The third kappa shape index (κ3) is 5.84. The molecule has 0 aromatic heterocycles. The smallest absolute Gasteiger partial charge is 0.308 e. The van der Waals surface area contributed by atoms with Crippen molar-refractivity contribution >= 4 is 68.3 Å². The van der Waals surface area contributed by atoms with Gasteiger partial charge >= 0.3 is 11.9 Å². The van der Waals surface area contributed by atoms with E-state index < -0.39 is 11.9 Å². The maximum absolute atomic E-state index is 14.1. The van der Waals surface area contributed by atoms with Crippen LogP contribution in [-0.4, -0.2) is 42.7 Å². The summed E-state index contributed by atoms with van der Waals surface area (Å²) in [5.41, 5.74) is 3.21. The fraction of sp³-hybridized carbons (Fsp3) is 0.400. The molecule has 49 heavy (non-hydrogen) atoms. The van der Waals surface area contributed by atoms with E-state index in [0.29, 0.717) is 43.3 Å². The van der Waals surface area contributed by atoms with E-state index in [4.69, 9.17) is 21.1 Å². The fourth-order valence-corrected chi connectivity index (χ4v) is 9.26. The Morgan fingerprint density at radius 1 is 0.796 bits per heavy atom. The molecule has 1 fully saturated rings. The van der Waals surface area contributed by atoms with E-state index in [0.717, 1.165) is 69.7 Å². The van der Waals surface area contributed by atoms with Crippen LogP contribution in [-0.2, 0) is 25.6 Å². The van der Waals surface area contributed by atoms with Gasteiger partial charge in [-0.25, -0.2) is 0 Å². The molecule has 7 rings (SSSR count). The molecular weight excluding hydrogens is 640 g/mol. The molecule has 2 heterocycles. The van der Waals surface area contributed by atoms with Crippen LogP contribution in [0.1, 0.15) is 76.8 Å². The second kappa shape index (κ2) is 12.5. The first-order valence-corrected chi connectivity index (χ1v) is 17.6. The maximum atomic E-state index is 14.1. The summed E-state index contributed by atoms with van der Waals surface area (Å²) in [6, 6.07) is 19.3. The quantitative estimate of drug-likeness (QED) is 0.106. The largest absolute Gasteiger partial charge is 0.426 e. The topological polar surface area (TPSA) is 93.2 Å². The van der Waals surface area contributed by atoms with Crippen LogP contribution in [0.3, 0.4) is 0 Å². The minimum Gasteiger partial charge on any atom is -0.426 e. The van der Waals surface area contributed by atoms with Crippen LogP contribution in [0.5, 0.6) is 11.5 Å². The number of benzene rings is 4. The lowest BCUT2D eigenvalue weighted by atomic mass is 9.50. The number of fused-ring (bicyclic) bond motifs is 6. The molecule has 1 aliphatic carbocycles. The van der Waals surface area contributed by atoms with Crippen LogP contribution in [0.4, 0.5) is 11.4 Å². The van der Waals surface area contributed by atoms with Crippen molar-refractivity contribution in [1.82, 2.24) is 0 Å². The first-order valence-electron chi connectivity index (χ1n) is 17.1. The second-order valence-electron chi connectivity index (χ2n) is 14.5. The van der Waals surface area contributed by atoms with E-state index in [9.17, 15) is 19.2 Å². The molecule has 4 aromatic carbocycles. The highest BCUT2D eigenvalue weighted by Gasteiger charge is 2.53. The number of amides is 2. The number of alkyl halides is 1. The van der Waals surface area contributed by atoms with Gasteiger partial charge in [-0.15, -0.1) is 11.6 Å². The number of hydrogen-bond acceptors (Lipinski definition) is 6. The molecule has 0 spiro atoms. The number of esters is 2. The molecular formula is C40H41ClN2O6. The lowest BCUT2D eigenvalue weighted by Gasteiger charge is -2.55. The molecule has 4 aromatic rings. The summed E-state index contributed by atoms with van der Waals surface area (Å²) >= 11 is 6.47. The fourth-order valence-electron chi connectivity index (χ4n) is 9.01. The Balaban J connectivity index is 1.09. The number of ether oxygens (including phenoxy) is 2. The van der Waals surface area contributed by atoms with Crippen molar-refractivity contribution in [2.45, 2.75) is 72.1 Å². The van der Waals surface area contributed by atoms with Crippen molar-refractivity contribution in [1.29, 1.82) is 0 Å². The van der Waals surface area contributed by atoms with Crippen molar-refractivity contribution in [2.75, 3.05) is 28.8 Å². The third-order valence-corrected chi connectivity index (χ3v) is 11.2. The molecule has 2 aliphatic heterocycles. The van der Waals surface area contributed by atoms with E-state index in [1.54, 1.807) is 0 Å². The zero-order chi connectivity index (χ0) is 34.7. The lowest BCUT2D eigenvalue weighted by Crippen LogP contribution is -2.50. The first kappa shape index (κ1) is 33.1. The molecule has 0 radical (unpaired) electrons. The summed E-state index contributed by atoms with van der Waals surface area (Å²) in [6.45, 7) is 8.08. The van der Waals surface area contributed by atoms with Crippen LogP contribution in [0, 0.1) is 10.8 Å². The number of hydrogen-bond donors (Lipinski definition) is 0. The van der Waals surface area contributed by atoms with Gasteiger partial charge in [-0.2, -0.15) is 0 Å². The van der Waals surface area contributed by atoms with Gasteiger partial charge in [0.25, 0.3) is 0 Å². The SMILES string of the molecule is CCC1(CC(=O)N2CCc3c2cc(OC(C)=O)c2ccccc32)CC(C)(CC(=O)N2CC(CCl)c3c2cc(OC(C)=O)c2ccccc32)C1. The Labute approximate surface area is 291 Å². The molecule has 1 unspecified atom stereocenters. The zero-order valence-electron chi connectivity index (χ0n) is 28.4. The highest BCUT2D eigenvalue weighted by Crippen LogP contribution is 2.61. The number of nitrogens with zero attached hydrogens (tertiary/aromatic N) is 2. The molecule has 0 saturated heterocycles. The van der Waals surface area contributed by atoms with Crippen LogP contribution in [0.2, 0.25) is 0 Å². The van der Waals surface area contributed by atoms with Gasteiger partial charge in [-0.3, -0.25) is 19.2 Å². The van der Waals surface area contributed by atoms with Crippen molar-refractivity contribution in [3.8, 4) is 11.5 Å². The molecule has 1 saturated carbocycles. The summed E-state index contributed by atoms with van der Waals surface area (Å²) in [7, 11) is 0. The zero-order valence-corrected chi connectivity index (χ0v) is 29.2. The summed E-state index contributed by atoms with van der Waals surface area (Å²) in [6.07, 6.45) is 3.83. The van der Waals surface area contributed by atoms with Crippen LogP contribution in [0.15, 0.2) is 60.7 Å². The molecule has 254 valence electrons. The second-order valence-corrected chi connectivity index (χ2v) is 14.8. The summed E-state index contributed by atoms with van der Waals surface area (Å²) in [4.78, 5) is 55.7. The molecule has 3 aliphatic rings. The van der Waals surface area contributed by atoms with Crippen molar-refractivity contribution in [3.63, 3.8) is 0 Å². The van der Waals surface area contributed by atoms with E-state index >= 15 is 0 Å². The molecule has 0 N–H and O–H groups in total. The Morgan fingerprint density at radius 3 is 1.94 bits per heavy atom. The highest BCUT2D eigenvalue weighted by atomic mass is 35.5. The van der Waals surface area contributed by atoms with E-state index in [1.165, 1.54) is 13.8 Å². The summed E-state index contributed by atoms with van der Waals surface area (Å²) < 4.78 is 11.2. The normalized spacial score (nSPS) is 22.5. The average molecular weight is 681 g/mol. The lowest BCUT2D eigenvalue weighted by molar-refractivity contribution is -0.133. The Hall–Kier alpha value is -4.43. The van der Waals surface area contributed by atoms with Gasteiger partial charge in [0.2, 0.25) is 11.8 Å². The number of rotatable bonds is 8. The van der Waals surface area contributed by atoms with E-state index in [2.05, 4.69) is 13.8 Å². The molecule has 1 atom stereocenters. The van der Waals surface area contributed by atoms with Crippen molar-refractivity contribution < 1.29 is 28.7 Å². The number of anilines is 2. The van der Waals surface area contributed by atoms with E-state index in [-0.39, 0.29) is 28.6 Å². The summed E-state index contributed by atoms with van der Waals surface area (Å²) in [5.74, 6) is 0.473. The number of halogens is 1.